The molecule has 0 radical (unpaired) electrons. The van der Waals surface area contributed by atoms with Crippen LogP contribution in [0.25, 0.3) is 6.08 Å². The van der Waals surface area contributed by atoms with Crippen molar-refractivity contribution in [3.05, 3.63) is 53.1 Å². The van der Waals surface area contributed by atoms with Gasteiger partial charge in [-0.2, -0.15) is 0 Å². The van der Waals surface area contributed by atoms with Gasteiger partial charge in [-0.3, -0.25) is 4.79 Å². The van der Waals surface area contributed by atoms with E-state index in [0.717, 1.165) is 0 Å². The Hall–Kier alpha value is -3.48. The summed E-state index contributed by atoms with van der Waals surface area (Å²) >= 11 is 0. The van der Waals surface area contributed by atoms with Gasteiger partial charge < -0.3 is 23.7 Å². The molecular weight excluding hydrogens is 376 g/mol. The molecule has 0 spiro atoms. The summed E-state index contributed by atoms with van der Waals surface area (Å²) in [4.78, 5) is 25.6. The number of benzene rings is 2. The van der Waals surface area contributed by atoms with Crippen molar-refractivity contribution >= 4 is 17.8 Å². The number of carbonyl (C=O) groups excluding carboxylic acids is 2. The van der Waals surface area contributed by atoms with Gasteiger partial charge in [0.05, 0.1) is 35.0 Å². The molecule has 0 N–H and O–H groups in total. The van der Waals surface area contributed by atoms with Crippen LogP contribution in [0.1, 0.15) is 22.8 Å². The zero-order valence-corrected chi connectivity index (χ0v) is 17.1. The third-order valence-corrected chi connectivity index (χ3v) is 4.07. The number of Topliss-reactive ketones (excluding diaryl/α,β-unsaturated/α-hetero) is 1. The summed E-state index contributed by atoms with van der Waals surface area (Å²) in [5.74, 6) is 0.492. The van der Waals surface area contributed by atoms with Gasteiger partial charge in [-0.15, -0.1) is 0 Å². The fraction of sp³-hybridized carbons (Fsp3) is 0.273. The van der Waals surface area contributed by atoms with E-state index in [-0.39, 0.29) is 12.2 Å². The van der Waals surface area contributed by atoms with Crippen molar-refractivity contribution in [3.63, 3.8) is 0 Å². The SMILES string of the molecule is CCOC(=O)/C(=C\c1cc(OC)c(OC)c(OC)c1)C(=O)c1cccc(OC)c1. The van der Waals surface area contributed by atoms with E-state index in [1.807, 2.05) is 0 Å². The fourth-order valence-electron chi connectivity index (χ4n) is 2.70. The normalized spacial score (nSPS) is 10.9. The Morgan fingerprint density at radius 1 is 0.897 bits per heavy atom. The molecule has 0 fully saturated rings. The molecule has 154 valence electrons. The third kappa shape index (κ3) is 5.07. The molecule has 0 aliphatic heterocycles. The molecular formula is C22H24O7. The standard InChI is InChI=1S/C22H24O7/c1-6-29-22(24)17(20(23)15-8-7-9-16(13-15)25-2)10-14-11-18(26-3)21(28-5)19(12-14)27-4/h7-13H,6H2,1-5H3/b17-10-. The van der Waals surface area contributed by atoms with Gasteiger partial charge in [0, 0.05) is 5.56 Å². The minimum absolute atomic E-state index is 0.130. The summed E-state index contributed by atoms with van der Waals surface area (Å²) in [7, 11) is 5.96. The number of hydrogen-bond donors (Lipinski definition) is 0. The summed E-state index contributed by atoms with van der Waals surface area (Å²) in [6, 6.07) is 9.83. The molecule has 0 amide bonds. The molecule has 2 aromatic carbocycles. The Balaban J connectivity index is 2.59. The predicted molar refractivity (Wildman–Crippen MR) is 108 cm³/mol. The molecule has 0 aliphatic carbocycles. The average molecular weight is 400 g/mol. The number of methoxy groups -OCH3 is 4. The van der Waals surface area contributed by atoms with E-state index < -0.39 is 11.8 Å². The zero-order valence-electron chi connectivity index (χ0n) is 17.1. The molecule has 0 heterocycles. The highest BCUT2D eigenvalue weighted by molar-refractivity contribution is 6.27. The van der Waals surface area contributed by atoms with Gasteiger partial charge in [0.2, 0.25) is 5.75 Å². The maximum atomic E-state index is 13.1. The lowest BCUT2D eigenvalue weighted by Gasteiger charge is -2.13. The number of carbonyl (C=O) groups is 2. The van der Waals surface area contributed by atoms with Crippen LogP contribution < -0.4 is 18.9 Å². The average Bonchev–Trinajstić information content (AvgIpc) is 2.76. The van der Waals surface area contributed by atoms with E-state index in [1.165, 1.54) is 34.5 Å². The number of ether oxygens (including phenoxy) is 5. The van der Waals surface area contributed by atoms with E-state index in [1.54, 1.807) is 43.3 Å². The first-order valence-electron chi connectivity index (χ1n) is 8.86. The van der Waals surface area contributed by atoms with Gasteiger partial charge in [0.15, 0.2) is 17.3 Å². The van der Waals surface area contributed by atoms with Crippen molar-refractivity contribution in [3.8, 4) is 23.0 Å². The Morgan fingerprint density at radius 2 is 1.55 bits per heavy atom. The van der Waals surface area contributed by atoms with Crippen LogP contribution in [0.15, 0.2) is 42.0 Å². The molecule has 0 aliphatic rings. The summed E-state index contributed by atoms with van der Waals surface area (Å²) in [6.45, 7) is 1.81. The van der Waals surface area contributed by atoms with E-state index in [2.05, 4.69) is 0 Å². The second-order valence-electron chi connectivity index (χ2n) is 5.80. The Bertz CT molecular complexity index is 890. The number of rotatable bonds is 9. The summed E-state index contributed by atoms with van der Waals surface area (Å²) in [5, 5.41) is 0. The predicted octanol–water partition coefficient (Wildman–Crippen LogP) is 3.55. The highest BCUT2D eigenvalue weighted by atomic mass is 16.5. The first kappa shape index (κ1) is 21.8. The summed E-state index contributed by atoms with van der Waals surface area (Å²) in [5.41, 5.74) is 0.685. The molecule has 0 aromatic heterocycles. The van der Waals surface area contributed by atoms with Crippen LogP contribution in [0.2, 0.25) is 0 Å². The first-order chi connectivity index (χ1) is 14.0. The molecule has 0 atom stereocenters. The molecule has 2 aromatic rings. The Kier molecular flexibility index (Phi) is 7.65. The molecule has 7 nitrogen and oxygen atoms in total. The lowest BCUT2D eigenvalue weighted by molar-refractivity contribution is -0.137. The van der Waals surface area contributed by atoms with E-state index >= 15 is 0 Å². The molecule has 0 saturated carbocycles. The minimum Gasteiger partial charge on any atom is -0.497 e. The zero-order chi connectivity index (χ0) is 21.4. The van der Waals surface area contributed by atoms with E-state index in [0.29, 0.717) is 34.1 Å². The van der Waals surface area contributed by atoms with E-state index in [4.69, 9.17) is 23.7 Å². The van der Waals surface area contributed by atoms with Crippen molar-refractivity contribution in [2.24, 2.45) is 0 Å². The maximum absolute atomic E-state index is 13.1. The van der Waals surface area contributed by atoms with Crippen LogP contribution in [0.4, 0.5) is 0 Å². The number of hydrogen-bond acceptors (Lipinski definition) is 7. The largest absolute Gasteiger partial charge is 0.497 e. The summed E-state index contributed by atoms with van der Waals surface area (Å²) in [6.07, 6.45) is 1.43. The summed E-state index contributed by atoms with van der Waals surface area (Å²) < 4.78 is 26.2. The number of ketones is 1. The molecule has 0 bridgehead atoms. The first-order valence-corrected chi connectivity index (χ1v) is 8.86. The molecule has 0 saturated heterocycles. The monoisotopic (exact) mass is 400 g/mol. The molecule has 29 heavy (non-hydrogen) atoms. The highest BCUT2D eigenvalue weighted by Gasteiger charge is 2.23. The van der Waals surface area contributed by atoms with E-state index in [9.17, 15) is 9.59 Å². The van der Waals surface area contributed by atoms with Crippen LogP contribution >= 0.6 is 0 Å². The Morgan fingerprint density at radius 3 is 2.07 bits per heavy atom. The minimum atomic E-state index is -0.728. The van der Waals surface area contributed by atoms with Crippen molar-refractivity contribution in [2.45, 2.75) is 6.92 Å². The second kappa shape index (κ2) is 10.2. The van der Waals surface area contributed by atoms with Gasteiger partial charge in [0.1, 0.15) is 11.3 Å². The van der Waals surface area contributed by atoms with Gasteiger partial charge in [0.25, 0.3) is 0 Å². The van der Waals surface area contributed by atoms with Crippen LogP contribution in [-0.4, -0.2) is 46.8 Å². The lowest BCUT2D eigenvalue weighted by Crippen LogP contribution is -2.16. The lowest BCUT2D eigenvalue weighted by atomic mass is 10.0. The quantitative estimate of drug-likeness (QED) is 0.209. The number of esters is 1. The van der Waals surface area contributed by atoms with Crippen LogP contribution in [-0.2, 0) is 9.53 Å². The topological polar surface area (TPSA) is 80.3 Å². The van der Waals surface area contributed by atoms with Gasteiger partial charge in [-0.05, 0) is 42.8 Å². The molecule has 2 rings (SSSR count). The van der Waals surface area contributed by atoms with Crippen molar-refractivity contribution in [1.82, 2.24) is 0 Å². The van der Waals surface area contributed by atoms with Gasteiger partial charge in [-0.1, -0.05) is 12.1 Å². The van der Waals surface area contributed by atoms with Crippen LogP contribution in [0.3, 0.4) is 0 Å². The van der Waals surface area contributed by atoms with Crippen LogP contribution in [0.5, 0.6) is 23.0 Å². The maximum Gasteiger partial charge on any atom is 0.342 e. The fourth-order valence-corrected chi connectivity index (χ4v) is 2.70. The third-order valence-electron chi connectivity index (χ3n) is 4.07. The molecule has 0 unspecified atom stereocenters. The Labute approximate surface area is 169 Å². The van der Waals surface area contributed by atoms with Crippen molar-refractivity contribution in [2.75, 3.05) is 35.0 Å². The van der Waals surface area contributed by atoms with Crippen LogP contribution in [0, 0.1) is 0 Å². The molecule has 7 heteroatoms. The van der Waals surface area contributed by atoms with Gasteiger partial charge in [-0.25, -0.2) is 4.79 Å². The highest BCUT2D eigenvalue weighted by Crippen LogP contribution is 2.38. The smallest absolute Gasteiger partial charge is 0.342 e. The second-order valence-corrected chi connectivity index (χ2v) is 5.80. The van der Waals surface area contributed by atoms with Crippen molar-refractivity contribution in [1.29, 1.82) is 0 Å². The van der Waals surface area contributed by atoms with Crippen molar-refractivity contribution < 1.29 is 33.3 Å². The van der Waals surface area contributed by atoms with Gasteiger partial charge >= 0.3 is 5.97 Å².